The molecule has 0 bridgehead atoms. The standard InChI is InChI=1S/C19H19F2N3O3.C2H6/c1-11-7-15-16(27-19(20,21)26-15)8-13(11)14-9-23-17(10-22-14)24-18(25)12-5-3-2-4-6-12;1-2/h7-10,12H,2-6H2,1H3,(H,23,24,25);1-2H3. The summed E-state index contributed by atoms with van der Waals surface area (Å²) in [6.45, 7) is 5.76. The van der Waals surface area contributed by atoms with E-state index in [-0.39, 0.29) is 23.3 Å². The Kier molecular flexibility index (Phi) is 6.30. The molecule has 0 atom stereocenters. The lowest BCUT2D eigenvalue weighted by Gasteiger charge is -2.20. The summed E-state index contributed by atoms with van der Waals surface area (Å²) < 4.78 is 35.4. The van der Waals surface area contributed by atoms with Gasteiger partial charge < -0.3 is 14.8 Å². The Morgan fingerprint density at radius 1 is 1.07 bits per heavy atom. The minimum Gasteiger partial charge on any atom is -0.395 e. The molecule has 1 aliphatic carbocycles. The van der Waals surface area contributed by atoms with Crippen LogP contribution in [-0.2, 0) is 4.79 Å². The SMILES string of the molecule is CC.Cc1cc2c(cc1-c1cnc(NC(=O)C3CCCCC3)cn1)OC(F)(F)O2. The molecule has 0 spiro atoms. The first-order valence-electron chi connectivity index (χ1n) is 9.95. The van der Waals surface area contributed by atoms with Crippen molar-refractivity contribution in [3.05, 3.63) is 30.1 Å². The predicted octanol–water partition coefficient (Wildman–Crippen LogP) is 5.32. The van der Waals surface area contributed by atoms with Gasteiger partial charge in [0.25, 0.3) is 0 Å². The van der Waals surface area contributed by atoms with Crippen molar-refractivity contribution >= 4 is 11.7 Å². The zero-order chi connectivity index (χ0) is 21.0. The molecule has 29 heavy (non-hydrogen) atoms. The fourth-order valence-electron chi connectivity index (χ4n) is 3.50. The summed E-state index contributed by atoms with van der Waals surface area (Å²) in [5, 5.41) is 2.80. The van der Waals surface area contributed by atoms with E-state index in [4.69, 9.17) is 0 Å². The van der Waals surface area contributed by atoms with E-state index in [2.05, 4.69) is 24.8 Å². The quantitative estimate of drug-likeness (QED) is 0.748. The van der Waals surface area contributed by atoms with E-state index in [0.29, 0.717) is 22.6 Å². The highest BCUT2D eigenvalue weighted by Gasteiger charge is 2.43. The van der Waals surface area contributed by atoms with Crippen LogP contribution in [0.25, 0.3) is 11.3 Å². The third-order valence-electron chi connectivity index (χ3n) is 4.90. The maximum absolute atomic E-state index is 13.2. The van der Waals surface area contributed by atoms with Gasteiger partial charge in [0.05, 0.1) is 18.1 Å². The largest absolute Gasteiger partial charge is 0.586 e. The third kappa shape index (κ3) is 4.81. The smallest absolute Gasteiger partial charge is 0.395 e. The molecule has 1 amide bonds. The van der Waals surface area contributed by atoms with Crippen LogP contribution in [0.1, 0.15) is 51.5 Å². The number of ether oxygens (including phenoxy) is 2. The highest BCUT2D eigenvalue weighted by atomic mass is 19.3. The molecule has 2 heterocycles. The maximum atomic E-state index is 13.2. The van der Waals surface area contributed by atoms with Gasteiger partial charge in [-0.2, -0.15) is 0 Å². The van der Waals surface area contributed by atoms with Crippen LogP contribution < -0.4 is 14.8 Å². The van der Waals surface area contributed by atoms with Crippen molar-refractivity contribution in [2.45, 2.75) is 59.2 Å². The number of aromatic nitrogens is 2. The summed E-state index contributed by atoms with van der Waals surface area (Å²) in [5.74, 6) is 0.318. The highest BCUT2D eigenvalue weighted by Crippen LogP contribution is 2.44. The summed E-state index contributed by atoms with van der Waals surface area (Å²) in [6.07, 6.45) is 4.44. The molecule has 1 fully saturated rings. The number of fused-ring (bicyclic) bond motifs is 1. The number of hydrogen-bond acceptors (Lipinski definition) is 5. The van der Waals surface area contributed by atoms with E-state index in [1.54, 1.807) is 6.92 Å². The van der Waals surface area contributed by atoms with Crippen LogP contribution in [0, 0.1) is 12.8 Å². The van der Waals surface area contributed by atoms with Crippen LogP contribution in [0.4, 0.5) is 14.6 Å². The van der Waals surface area contributed by atoms with Crippen LogP contribution in [0.2, 0.25) is 0 Å². The molecule has 0 unspecified atom stereocenters. The zero-order valence-electron chi connectivity index (χ0n) is 16.8. The summed E-state index contributed by atoms with van der Waals surface area (Å²) >= 11 is 0. The first-order chi connectivity index (χ1) is 13.9. The Balaban J connectivity index is 0.00000117. The van der Waals surface area contributed by atoms with Crippen LogP contribution in [-0.4, -0.2) is 22.2 Å². The molecule has 2 aliphatic rings. The van der Waals surface area contributed by atoms with Crippen LogP contribution >= 0.6 is 0 Å². The van der Waals surface area contributed by atoms with E-state index < -0.39 is 6.29 Å². The lowest BCUT2D eigenvalue weighted by Crippen LogP contribution is -2.25. The van der Waals surface area contributed by atoms with Gasteiger partial charge in [0.2, 0.25) is 5.91 Å². The Hall–Kier alpha value is -2.77. The van der Waals surface area contributed by atoms with Gasteiger partial charge in [-0.3, -0.25) is 9.78 Å². The second-order valence-electron chi connectivity index (χ2n) is 6.89. The van der Waals surface area contributed by atoms with E-state index in [1.165, 1.54) is 30.9 Å². The number of benzene rings is 1. The molecule has 1 aromatic heterocycles. The molecule has 1 aliphatic heterocycles. The van der Waals surface area contributed by atoms with Crippen molar-refractivity contribution in [1.82, 2.24) is 9.97 Å². The van der Waals surface area contributed by atoms with Crippen molar-refractivity contribution in [2.24, 2.45) is 5.92 Å². The lowest BCUT2D eigenvalue weighted by molar-refractivity contribution is -0.286. The van der Waals surface area contributed by atoms with Gasteiger partial charge in [-0.15, -0.1) is 8.78 Å². The average Bonchev–Trinajstić information content (AvgIpc) is 3.03. The van der Waals surface area contributed by atoms with Crippen molar-refractivity contribution < 1.29 is 23.0 Å². The number of nitrogens with zero attached hydrogens (tertiary/aromatic N) is 2. The van der Waals surface area contributed by atoms with E-state index in [1.807, 2.05) is 13.8 Å². The molecule has 1 N–H and O–H groups in total. The topological polar surface area (TPSA) is 73.3 Å². The van der Waals surface area contributed by atoms with Crippen molar-refractivity contribution in [2.75, 3.05) is 5.32 Å². The fraction of sp³-hybridized carbons (Fsp3) is 0.476. The Morgan fingerprint density at radius 2 is 1.72 bits per heavy atom. The fourth-order valence-corrected chi connectivity index (χ4v) is 3.50. The first kappa shape index (κ1) is 21.0. The molecule has 1 aromatic carbocycles. The Bertz CT molecular complexity index is 866. The molecule has 6 nitrogen and oxygen atoms in total. The van der Waals surface area contributed by atoms with Gasteiger partial charge in [0.15, 0.2) is 17.3 Å². The maximum Gasteiger partial charge on any atom is 0.586 e. The van der Waals surface area contributed by atoms with Crippen molar-refractivity contribution in [3.63, 3.8) is 0 Å². The minimum atomic E-state index is -3.66. The highest BCUT2D eigenvalue weighted by molar-refractivity contribution is 5.91. The number of amides is 1. The number of rotatable bonds is 3. The van der Waals surface area contributed by atoms with Gasteiger partial charge in [-0.1, -0.05) is 33.1 Å². The number of anilines is 1. The van der Waals surface area contributed by atoms with Crippen LogP contribution in [0.5, 0.6) is 11.5 Å². The molecule has 8 heteroatoms. The number of carbonyl (C=O) groups is 1. The molecule has 0 saturated heterocycles. The molecule has 0 radical (unpaired) electrons. The predicted molar refractivity (Wildman–Crippen MR) is 105 cm³/mol. The summed E-state index contributed by atoms with van der Waals surface area (Å²) in [6, 6.07) is 2.93. The molecule has 2 aromatic rings. The number of nitrogens with one attached hydrogen (secondary N) is 1. The third-order valence-corrected chi connectivity index (χ3v) is 4.90. The summed E-state index contributed by atoms with van der Waals surface area (Å²) in [5.41, 5.74) is 1.79. The Morgan fingerprint density at radius 3 is 2.34 bits per heavy atom. The second kappa shape index (κ2) is 8.71. The Labute approximate surface area is 168 Å². The van der Waals surface area contributed by atoms with E-state index in [9.17, 15) is 13.6 Å². The van der Waals surface area contributed by atoms with Gasteiger partial charge in [0.1, 0.15) is 0 Å². The van der Waals surface area contributed by atoms with E-state index >= 15 is 0 Å². The van der Waals surface area contributed by atoms with Crippen LogP contribution in [0.15, 0.2) is 24.5 Å². The normalized spacial score (nSPS) is 17.3. The van der Waals surface area contributed by atoms with Crippen LogP contribution in [0.3, 0.4) is 0 Å². The second-order valence-corrected chi connectivity index (χ2v) is 6.89. The van der Waals surface area contributed by atoms with Crippen molar-refractivity contribution in [3.8, 4) is 22.8 Å². The van der Waals surface area contributed by atoms with Gasteiger partial charge >= 0.3 is 6.29 Å². The van der Waals surface area contributed by atoms with Gasteiger partial charge in [0, 0.05) is 11.5 Å². The molecule has 156 valence electrons. The lowest BCUT2D eigenvalue weighted by atomic mass is 9.89. The van der Waals surface area contributed by atoms with Crippen molar-refractivity contribution in [1.29, 1.82) is 0 Å². The molecule has 4 rings (SSSR count). The molecular formula is C21H25F2N3O3. The number of aryl methyl sites for hydroxylation is 1. The van der Waals surface area contributed by atoms with Gasteiger partial charge in [-0.05, 0) is 37.5 Å². The zero-order valence-corrected chi connectivity index (χ0v) is 16.8. The monoisotopic (exact) mass is 405 g/mol. The number of alkyl halides is 2. The molecular weight excluding hydrogens is 380 g/mol. The first-order valence-corrected chi connectivity index (χ1v) is 9.95. The summed E-state index contributed by atoms with van der Waals surface area (Å²) in [7, 11) is 0. The number of carbonyl (C=O) groups excluding carboxylic acids is 1. The number of halogens is 2. The van der Waals surface area contributed by atoms with E-state index in [0.717, 1.165) is 25.7 Å². The summed E-state index contributed by atoms with van der Waals surface area (Å²) in [4.78, 5) is 20.8. The minimum absolute atomic E-state index is 0.00873. The average molecular weight is 405 g/mol. The number of hydrogen-bond donors (Lipinski definition) is 1. The van der Waals surface area contributed by atoms with Gasteiger partial charge in [-0.25, -0.2) is 4.98 Å². The molecule has 1 saturated carbocycles.